The van der Waals surface area contributed by atoms with Crippen LogP contribution in [0.5, 0.6) is 5.75 Å². The van der Waals surface area contributed by atoms with Gasteiger partial charge >= 0.3 is 0 Å². The van der Waals surface area contributed by atoms with E-state index < -0.39 is 0 Å². The molecule has 2 aromatic heterocycles. The molecule has 158 valence electrons. The maximum atomic E-state index is 12.3. The summed E-state index contributed by atoms with van der Waals surface area (Å²) in [6.45, 7) is 0. The minimum Gasteiger partial charge on any atom is -0.490 e. The Labute approximate surface area is 182 Å². The van der Waals surface area contributed by atoms with Gasteiger partial charge < -0.3 is 20.7 Å². The van der Waals surface area contributed by atoms with Crippen molar-refractivity contribution in [3.63, 3.8) is 0 Å². The van der Waals surface area contributed by atoms with E-state index >= 15 is 0 Å². The molecule has 0 saturated heterocycles. The molecule has 0 bridgehead atoms. The number of carbonyl (C=O) groups excluding carboxylic acids is 1. The quantitative estimate of drug-likeness (QED) is 0.451. The standard InChI is InChI=1S/C23H19N7O2/c31-22-19(13-24-11-12-25-22)27-23-26-18-4-2-1-3-17(18)21-28-20(29-30(21)23)14-5-7-15(8-6-14)32-16-9-10-16/h1-8,11-13,16,24H,9-10H2,(H,25,31)(H,26,27). The molecule has 3 heterocycles. The monoisotopic (exact) mass is 425 g/mol. The van der Waals surface area contributed by atoms with Gasteiger partial charge in [0.25, 0.3) is 5.91 Å². The third-order valence-corrected chi connectivity index (χ3v) is 5.23. The van der Waals surface area contributed by atoms with E-state index in [2.05, 4.69) is 20.9 Å². The number of amides is 1. The lowest BCUT2D eigenvalue weighted by atomic mass is 10.2. The third kappa shape index (κ3) is 3.39. The minimum absolute atomic E-state index is 0.291. The van der Waals surface area contributed by atoms with Crippen molar-refractivity contribution in [3.05, 3.63) is 72.8 Å². The lowest BCUT2D eigenvalue weighted by Gasteiger charge is -2.10. The van der Waals surface area contributed by atoms with Crippen LogP contribution in [0.2, 0.25) is 0 Å². The second-order valence-corrected chi connectivity index (χ2v) is 7.62. The van der Waals surface area contributed by atoms with E-state index in [0.29, 0.717) is 29.2 Å². The largest absolute Gasteiger partial charge is 0.490 e. The zero-order valence-electron chi connectivity index (χ0n) is 16.9. The lowest BCUT2D eigenvalue weighted by Crippen LogP contribution is -2.24. The molecule has 1 saturated carbocycles. The zero-order valence-corrected chi connectivity index (χ0v) is 16.9. The van der Waals surface area contributed by atoms with Crippen molar-refractivity contribution in [2.75, 3.05) is 5.32 Å². The fraction of sp³-hybridized carbons (Fsp3) is 0.130. The average molecular weight is 425 g/mol. The van der Waals surface area contributed by atoms with Gasteiger partial charge in [-0.1, -0.05) is 12.1 Å². The number of hydrogen-bond acceptors (Lipinski definition) is 7. The number of ether oxygens (including phenoxy) is 1. The number of hydrogen-bond donors (Lipinski definition) is 3. The Kier molecular flexibility index (Phi) is 4.24. The number of anilines is 1. The van der Waals surface area contributed by atoms with Gasteiger partial charge in [-0.25, -0.2) is 9.97 Å². The summed E-state index contributed by atoms with van der Waals surface area (Å²) in [7, 11) is 0. The number of nitrogens with one attached hydrogen (secondary N) is 3. The second kappa shape index (κ2) is 7.38. The summed E-state index contributed by atoms with van der Waals surface area (Å²) in [6, 6.07) is 15.5. The number of fused-ring (bicyclic) bond motifs is 3. The van der Waals surface area contributed by atoms with Crippen molar-refractivity contribution in [2.24, 2.45) is 0 Å². The Balaban J connectivity index is 1.43. The number of benzene rings is 2. The van der Waals surface area contributed by atoms with Gasteiger partial charge in [-0.15, -0.1) is 5.10 Å². The van der Waals surface area contributed by atoms with E-state index in [-0.39, 0.29) is 5.91 Å². The molecule has 2 aliphatic rings. The van der Waals surface area contributed by atoms with E-state index in [1.54, 1.807) is 16.9 Å². The van der Waals surface area contributed by atoms with Crippen LogP contribution in [0.4, 0.5) is 5.95 Å². The van der Waals surface area contributed by atoms with Gasteiger partial charge in [0, 0.05) is 29.5 Å². The highest BCUT2D eigenvalue weighted by Gasteiger charge is 2.23. The highest BCUT2D eigenvalue weighted by atomic mass is 16.5. The van der Waals surface area contributed by atoms with Crippen molar-refractivity contribution in [3.8, 4) is 17.1 Å². The van der Waals surface area contributed by atoms with Gasteiger partial charge in [0.1, 0.15) is 11.4 Å². The number of para-hydroxylation sites is 1. The van der Waals surface area contributed by atoms with Crippen molar-refractivity contribution in [1.29, 1.82) is 0 Å². The topological polar surface area (TPSA) is 105 Å². The molecule has 9 heteroatoms. The molecular weight excluding hydrogens is 406 g/mol. The average Bonchev–Trinajstić information content (AvgIpc) is 3.55. The van der Waals surface area contributed by atoms with Gasteiger partial charge in [-0.2, -0.15) is 4.52 Å². The van der Waals surface area contributed by atoms with Crippen LogP contribution in [-0.4, -0.2) is 31.6 Å². The molecule has 1 aliphatic carbocycles. The van der Waals surface area contributed by atoms with E-state index in [1.165, 1.54) is 6.20 Å². The minimum atomic E-state index is -0.291. The molecule has 4 aromatic rings. The van der Waals surface area contributed by atoms with Crippen molar-refractivity contribution in [2.45, 2.75) is 18.9 Å². The summed E-state index contributed by atoms with van der Waals surface area (Å²) in [5.41, 5.74) is 2.56. The molecule has 2 aromatic carbocycles. The molecule has 1 fully saturated rings. The maximum Gasteiger partial charge on any atom is 0.273 e. The molecule has 3 N–H and O–H groups in total. The second-order valence-electron chi connectivity index (χ2n) is 7.62. The summed E-state index contributed by atoms with van der Waals surface area (Å²) in [4.78, 5) is 21.8. The van der Waals surface area contributed by atoms with Gasteiger partial charge in [0.2, 0.25) is 5.95 Å². The van der Waals surface area contributed by atoms with Gasteiger partial charge in [0.15, 0.2) is 11.5 Å². The summed E-state index contributed by atoms with van der Waals surface area (Å²) in [5, 5.41) is 14.2. The van der Waals surface area contributed by atoms with Crippen LogP contribution in [0.1, 0.15) is 12.8 Å². The van der Waals surface area contributed by atoms with Gasteiger partial charge in [0.05, 0.1) is 11.6 Å². The number of nitrogens with zero attached hydrogens (tertiary/aromatic N) is 4. The highest BCUT2D eigenvalue weighted by molar-refractivity contribution is 5.98. The van der Waals surface area contributed by atoms with Crippen LogP contribution >= 0.6 is 0 Å². The third-order valence-electron chi connectivity index (χ3n) is 5.23. The van der Waals surface area contributed by atoms with Crippen molar-refractivity contribution < 1.29 is 9.53 Å². The van der Waals surface area contributed by atoms with Crippen LogP contribution < -0.4 is 20.7 Å². The number of aromatic nitrogens is 4. The molecular formula is C23H19N7O2. The Morgan fingerprint density at radius 1 is 1.03 bits per heavy atom. The predicted octanol–water partition coefficient (Wildman–Crippen LogP) is 2.93. The van der Waals surface area contributed by atoms with Crippen LogP contribution in [0.25, 0.3) is 27.9 Å². The Bertz CT molecular complexity index is 1400. The molecule has 6 rings (SSSR count). The van der Waals surface area contributed by atoms with Crippen molar-refractivity contribution in [1.82, 2.24) is 30.2 Å². The summed E-state index contributed by atoms with van der Waals surface area (Å²) >= 11 is 0. The highest BCUT2D eigenvalue weighted by Crippen LogP contribution is 2.29. The first-order chi connectivity index (χ1) is 15.7. The van der Waals surface area contributed by atoms with Crippen molar-refractivity contribution >= 4 is 28.4 Å². The molecule has 32 heavy (non-hydrogen) atoms. The summed E-state index contributed by atoms with van der Waals surface area (Å²) in [5.74, 6) is 1.50. The Morgan fingerprint density at radius 3 is 2.72 bits per heavy atom. The van der Waals surface area contributed by atoms with E-state index in [1.807, 2.05) is 48.5 Å². The first-order valence-electron chi connectivity index (χ1n) is 10.4. The molecule has 0 spiro atoms. The SMILES string of the molecule is O=C1NC=CNC=C1Nc1nc2ccccc2c2nc(-c3ccc(OC4CC4)cc3)nn12. The van der Waals surface area contributed by atoms with Crippen LogP contribution in [0.15, 0.2) is 72.8 Å². The van der Waals surface area contributed by atoms with Crippen LogP contribution in [-0.2, 0) is 4.79 Å². The maximum absolute atomic E-state index is 12.3. The summed E-state index contributed by atoms with van der Waals surface area (Å²) in [6.07, 6.45) is 7.30. The first-order valence-corrected chi connectivity index (χ1v) is 10.4. The van der Waals surface area contributed by atoms with E-state index in [9.17, 15) is 4.79 Å². The smallest absolute Gasteiger partial charge is 0.273 e. The fourth-order valence-corrected chi connectivity index (χ4v) is 3.47. The molecule has 0 radical (unpaired) electrons. The number of carbonyl (C=O) groups is 1. The normalized spacial score (nSPS) is 15.8. The fourth-order valence-electron chi connectivity index (χ4n) is 3.47. The number of rotatable bonds is 5. The molecule has 0 unspecified atom stereocenters. The van der Waals surface area contributed by atoms with Gasteiger partial charge in [-0.3, -0.25) is 4.79 Å². The Morgan fingerprint density at radius 2 is 1.88 bits per heavy atom. The van der Waals surface area contributed by atoms with E-state index in [0.717, 1.165) is 35.1 Å². The first kappa shape index (κ1) is 18.4. The molecule has 9 nitrogen and oxygen atoms in total. The zero-order chi connectivity index (χ0) is 21.5. The Hall–Kier alpha value is -4.40. The molecule has 1 aliphatic heterocycles. The summed E-state index contributed by atoms with van der Waals surface area (Å²) < 4.78 is 7.46. The van der Waals surface area contributed by atoms with E-state index in [4.69, 9.17) is 14.8 Å². The molecule has 0 atom stereocenters. The van der Waals surface area contributed by atoms with Crippen LogP contribution in [0.3, 0.4) is 0 Å². The predicted molar refractivity (Wildman–Crippen MR) is 119 cm³/mol. The van der Waals surface area contributed by atoms with Crippen LogP contribution in [0, 0.1) is 0 Å². The lowest BCUT2D eigenvalue weighted by molar-refractivity contribution is -0.116. The molecule has 1 amide bonds. The van der Waals surface area contributed by atoms with Gasteiger partial charge in [-0.05, 0) is 49.2 Å².